The lowest BCUT2D eigenvalue weighted by atomic mass is 10.2. The lowest BCUT2D eigenvalue weighted by Gasteiger charge is -2.09. The van der Waals surface area contributed by atoms with E-state index < -0.39 is 0 Å². The van der Waals surface area contributed by atoms with Crippen molar-refractivity contribution >= 4 is 0 Å². The molecule has 4 nitrogen and oxygen atoms in total. The monoisotopic (exact) mass is 215 g/mol. The van der Waals surface area contributed by atoms with E-state index >= 15 is 0 Å². The second-order valence-corrected chi connectivity index (χ2v) is 3.30. The molecule has 0 aliphatic rings. The third-order valence-electron chi connectivity index (χ3n) is 2.09. The predicted octanol–water partition coefficient (Wildman–Crippen LogP) is 1.99. The zero-order chi connectivity index (χ0) is 11.2. The molecule has 2 heterocycles. The molecule has 0 saturated carbocycles. The number of rotatable bonds is 4. The van der Waals surface area contributed by atoms with Gasteiger partial charge in [0.1, 0.15) is 11.5 Å². The Labute approximate surface area is 94.3 Å². The molecule has 82 valence electrons. The van der Waals surface area contributed by atoms with Gasteiger partial charge in [-0.05, 0) is 25.2 Å². The zero-order valence-electron chi connectivity index (χ0n) is 9.05. The summed E-state index contributed by atoms with van der Waals surface area (Å²) < 4.78 is 5.72. The summed E-state index contributed by atoms with van der Waals surface area (Å²) in [5.74, 6) is 1.53. The van der Waals surface area contributed by atoms with Crippen LogP contribution in [0, 0.1) is 0 Å². The number of pyridine rings is 2. The van der Waals surface area contributed by atoms with E-state index in [1.165, 1.54) is 0 Å². The van der Waals surface area contributed by atoms with Crippen LogP contribution in [-0.2, 0) is 6.54 Å². The van der Waals surface area contributed by atoms with Crippen LogP contribution in [0.1, 0.15) is 5.56 Å². The Morgan fingerprint density at radius 2 is 2.06 bits per heavy atom. The lowest BCUT2D eigenvalue weighted by molar-refractivity contribution is 0.471. The van der Waals surface area contributed by atoms with Gasteiger partial charge >= 0.3 is 0 Å². The van der Waals surface area contributed by atoms with Crippen LogP contribution in [0.15, 0.2) is 43.0 Å². The summed E-state index contributed by atoms with van der Waals surface area (Å²) in [5, 5.41) is 3.07. The third kappa shape index (κ3) is 2.55. The first-order valence-electron chi connectivity index (χ1n) is 5.05. The molecule has 0 spiro atoms. The predicted molar refractivity (Wildman–Crippen MR) is 61.3 cm³/mol. The van der Waals surface area contributed by atoms with Gasteiger partial charge in [0.15, 0.2) is 0 Å². The fourth-order valence-corrected chi connectivity index (χ4v) is 1.37. The fourth-order valence-electron chi connectivity index (χ4n) is 1.37. The van der Waals surface area contributed by atoms with Crippen LogP contribution in [0.3, 0.4) is 0 Å². The Morgan fingerprint density at radius 3 is 2.81 bits per heavy atom. The summed E-state index contributed by atoms with van der Waals surface area (Å²) in [6.07, 6.45) is 6.91. The zero-order valence-corrected chi connectivity index (χ0v) is 9.05. The van der Waals surface area contributed by atoms with E-state index in [1.54, 1.807) is 24.8 Å². The van der Waals surface area contributed by atoms with E-state index in [2.05, 4.69) is 15.3 Å². The first-order chi connectivity index (χ1) is 7.90. The Bertz CT molecular complexity index is 445. The maximum absolute atomic E-state index is 5.72. The second-order valence-electron chi connectivity index (χ2n) is 3.30. The highest BCUT2D eigenvalue weighted by atomic mass is 16.5. The van der Waals surface area contributed by atoms with Gasteiger partial charge in [0.25, 0.3) is 0 Å². The van der Waals surface area contributed by atoms with Gasteiger partial charge in [-0.15, -0.1) is 0 Å². The lowest BCUT2D eigenvalue weighted by Crippen LogP contribution is -2.06. The number of aromatic nitrogens is 2. The van der Waals surface area contributed by atoms with Gasteiger partial charge in [-0.3, -0.25) is 9.97 Å². The molecule has 0 aliphatic carbocycles. The Hall–Kier alpha value is -1.94. The van der Waals surface area contributed by atoms with Gasteiger partial charge < -0.3 is 10.1 Å². The van der Waals surface area contributed by atoms with Crippen molar-refractivity contribution in [2.45, 2.75) is 6.54 Å². The Balaban J connectivity index is 2.21. The second kappa shape index (κ2) is 5.23. The molecule has 0 radical (unpaired) electrons. The summed E-state index contributed by atoms with van der Waals surface area (Å²) >= 11 is 0. The molecule has 16 heavy (non-hydrogen) atoms. The minimum absolute atomic E-state index is 0.726. The van der Waals surface area contributed by atoms with E-state index in [4.69, 9.17) is 4.74 Å². The molecule has 2 aromatic rings. The molecule has 1 N–H and O–H groups in total. The number of ether oxygens (including phenoxy) is 1. The van der Waals surface area contributed by atoms with Crippen molar-refractivity contribution in [1.29, 1.82) is 0 Å². The normalized spacial score (nSPS) is 10.1. The molecule has 2 rings (SSSR count). The SMILES string of the molecule is CNCc1cnccc1Oc1cccnc1. The maximum atomic E-state index is 5.72. The summed E-state index contributed by atoms with van der Waals surface area (Å²) in [6.45, 7) is 0.726. The largest absolute Gasteiger partial charge is 0.455 e. The van der Waals surface area contributed by atoms with Crippen molar-refractivity contribution in [3.05, 3.63) is 48.5 Å². The van der Waals surface area contributed by atoms with Crippen LogP contribution in [-0.4, -0.2) is 17.0 Å². The van der Waals surface area contributed by atoms with Gasteiger partial charge in [-0.1, -0.05) is 0 Å². The maximum Gasteiger partial charge on any atom is 0.145 e. The molecule has 0 aliphatic heterocycles. The molecule has 0 unspecified atom stereocenters. The van der Waals surface area contributed by atoms with Crippen molar-refractivity contribution in [3.63, 3.8) is 0 Å². The molecule has 4 heteroatoms. The fraction of sp³-hybridized carbons (Fsp3) is 0.167. The Kier molecular flexibility index (Phi) is 3.46. The topological polar surface area (TPSA) is 47.0 Å². The summed E-state index contributed by atoms with van der Waals surface area (Å²) in [4.78, 5) is 8.07. The molecule has 0 aromatic carbocycles. The molecule has 0 atom stereocenters. The highest BCUT2D eigenvalue weighted by Crippen LogP contribution is 2.23. The third-order valence-corrected chi connectivity index (χ3v) is 2.09. The van der Waals surface area contributed by atoms with Crippen LogP contribution >= 0.6 is 0 Å². The smallest absolute Gasteiger partial charge is 0.145 e. The highest BCUT2D eigenvalue weighted by molar-refractivity contribution is 5.34. The molecule has 0 fully saturated rings. The number of nitrogens with one attached hydrogen (secondary N) is 1. The highest BCUT2D eigenvalue weighted by Gasteiger charge is 2.03. The van der Waals surface area contributed by atoms with Crippen LogP contribution in [0.2, 0.25) is 0 Å². The minimum Gasteiger partial charge on any atom is -0.455 e. The minimum atomic E-state index is 0.726. The standard InChI is InChI=1S/C12H13N3O/c1-13-7-10-8-15-6-4-12(10)16-11-3-2-5-14-9-11/h2-6,8-9,13H,7H2,1H3. The quantitative estimate of drug-likeness (QED) is 0.847. The van der Waals surface area contributed by atoms with Crippen molar-refractivity contribution in [2.24, 2.45) is 0 Å². The summed E-state index contributed by atoms with van der Waals surface area (Å²) in [7, 11) is 1.89. The summed E-state index contributed by atoms with van der Waals surface area (Å²) in [5.41, 5.74) is 1.02. The van der Waals surface area contributed by atoms with Crippen LogP contribution in [0.5, 0.6) is 11.5 Å². The van der Waals surface area contributed by atoms with E-state index in [0.717, 1.165) is 23.6 Å². The van der Waals surface area contributed by atoms with Crippen molar-refractivity contribution in [2.75, 3.05) is 7.05 Å². The molecule has 0 saturated heterocycles. The van der Waals surface area contributed by atoms with E-state index in [1.807, 2.05) is 25.2 Å². The molecular weight excluding hydrogens is 202 g/mol. The van der Waals surface area contributed by atoms with Crippen molar-refractivity contribution < 1.29 is 4.74 Å². The van der Waals surface area contributed by atoms with E-state index in [9.17, 15) is 0 Å². The van der Waals surface area contributed by atoms with Crippen LogP contribution < -0.4 is 10.1 Å². The van der Waals surface area contributed by atoms with Crippen molar-refractivity contribution in [3.8, 4) is 11.5 Å². The molecular formula is C12H13N3O. The average Bonchev–Trinajstić information content (AvgIpc) is 2.33. The average molecular weight is 215 g/mol. The van der Waals surface area contributed by atoms with Crippen LogP contribution in [0.25, 0.3) is 0 Å². The first-order valence-corrected chi connectivity index (χ1v) is 5.05. The molecule has 2 aromatic heterocycles. The summed E-state index contributed by atoms with van der Waals surface area (Å²) in [6, 6.07) is 5.56. The number of hydrogen-bond acceptors (Lipinski definition) is 4. The first kappa shape index (κ1) is 10.6. The van der Waals surface area contributed by atoms with E-state index in [0.29, 0.717) is 0 Å². The van der Waals surface area contributed by atoms with Gasteiger partial charge in [0.05, 0.1) is 6.20 Å². The van der Waals surface area contributed by atoms with Gasteiger partial charge in [-0.25, -0.2) is 0 Å². The van der Waals surface area contributed by atoms with Gasteiger partial charge in [-0.2, -0.15) is 0 Å². The van der Waals surface area contributed by atoms with Crippen molar-refractivity contribution in [1.82, 2.24) is 15.3 Å². The van der Waals surface area contributed by atoms with Crippen LogP contribution in [0.4, 0.5) is 0 Å². The Morgan fingerprint density at radius 1 is 1.19 bits per heavy atom. The van der Waals surface area contributed by atoms with Gasteiger partial charge in [0.2, 0.25) is 0 Å². The molecule has 0 bridgehead atoms. The van der Waals surface area contributed by atoms with E-state index in [-0.39, 0.29) is 0 Å². The number of nitrogens with zero attached hydrogens (tertiary/aromatic N) is 2. The molecule has 0 amide bonds. The number of hydrogen-bond donors (Lipinski definition) is 1. The van der Waals surface area contributed by atoms with Gasteiger partial charge in [0, 0.05) is 30.7 Å².